The van der Waals surface area contributed by atoms with Gasteiger partial charge in [-0.05, 0) is 53.6 Å². The highest BCUT2D eigenvalue weighted by atomic mass is 35.5. The van der Waals surface area contributed by atoms with Crippen LogP contribution in [0, 0.1) is 0 Å². The lowest BCUT2D eigenvalue weighted by Crippen LogP contribution is -2.12. The topological polar surface area (TPSA) is 66.4 Å². The molecule has 0 aromatic heterocycles. The van der Waals surface area contributed by atoms with Crippen LogP contribution in [0.2, 0.25) is 5.02 Å². The maximum atomic E-state index is 12.3. The van der Waals surface area contributed by atoms with Gasteiger partial charge >= 0.3 is 5.97 Å². The van der Waals surface area contributed by atoms with Gasteiger partial charge in [-0.1, -0.05) is 41.9 Å². The number of halogens is 1. The van der Waals surface area contributed by atoms with Crippen molar-refractivity contribution in [1.29, 1.82) is 0 Å². The first-order valence-corrected chi connectivity index (χ1v) is 7.91. The lowest BCUT2D eigenvalue weighted by molar-refractivity contribution is 0.0696. The summed E-state index contributed by atoms with van der Waals surface area (Å²) in [5.41, 5.74) is 2.41. The Labute approximate surface area is 149 Å². The molecule has 0 aliphatic rings. The van der Waals surface area contributed by atoms with Crippen molar-refractivity contribution >= 4 is 29.2 Å². The average Bonchev–Trinajstić information content (AvgIpc) is 2.62. The standard InChI is InChI=1S/C20H14ClNO3/c21-17-8-4-7-14(10-17)15-9-16(20(24)25)12-18(11-15)22-19(23)13-5-2-1-3-6-13/h1-12H,(H,22,23)(H,24,25). The van der Waals surface area contributed by atoms with Gasteiger partial charge in [0.1, 0.15) is 0 Å². The number of carbonyl (C=O) groups excluding carboxylic acids is 1. The number of aromatic carboxylic acids is 1. The van der Waals surface area contributed by atoms with Crippen molar-refractivity contribution in [1.82, 2.24) is 0 Å². The third-order valence-electron chi connectivity index (χ3n) is 3.63. The first-order chi connectivity index (χ1) is 12.0. The van der Waals surface area contributed by atoms with Gasteiger partial charge in [0, 0.05) is 16.3 Å². The Bertz CT molecular complexity index is 939. The molecule has 0 aliphatic heterocycles. The second-order valence-electron chi connectivity index (χ2n) is 5.43. The molecule has 0 saturated carbocycles. The Morgan fingerprint density at radius 1 is 0.800 bits per heavy atom. The van der Waals surface area contributed by atoms with Gasteiger partial charge in [-0.15, -0.1) is 0 Å². The first-order valence-electron chi connectivity index (χ1n) is 7.53. The maximum absolute atomic E-state index is 12.3. The van der Waals surface area contributed by atoms with Crippen LogP contribution >= 0.6 is 11.6 Å². The molecule has 0 heterocycles. The highest BCUT2D eigenvalue weighted by Crippen LogP contribution is 2.27. The highest BCUT2D eigenvalue weighted by Gasteiger charge is 2.11. The highest BCUT2D eigenvalue weighted by molar-refractivity contribution is 6.30. The monoisotopic (exact) mass is 351 g/mol. The molecule has 3 aromatic carbocycles. The molecule has 3 rings (SSSR count). The quantitative estimate of drug-likeness (QED) is 0.698. The van der Waals surface area contributed by atoms with Gasteiger partial charge in [-0.25, -0.2) is 4.79 Å². The molecule has 0 bridgehead atoms. The minimum absolute atomic E-state index is 0.0841. The molecule has 25 heavy (non-hydrogen) atoms. The molecular weight excluding hydrogens is 338 g/mol. The van der Waals surface area contributed by atoms with E-state index in [0.29, 0.717) is 21.8 Å². The summed E-state index contributed by atoms with van der Waals surface area (Å²) in [6.45, 7) is 0. The van der Waals surface area contributed by atoms with E-state index in [9.17, 15) is 14.7 Å². The van der Waals surface area contributed by atoms with E-state index in [4.69, 9.17) is 11.6 Å². The van der Waals surface area contributed by atoms with E-state index in [-0.39, 0.29) is 11.5 Å². The molecule has 1 amide bonds. The molecule has 0 spiro atoms. The lowest BCUT2D eigenvalue weighted by atomic mass is 10.0. The summed E-state index contributed by atoms with van der Waals surface area (Å²) in [5.74, 6) is -1.38. The van der Waals surface area contributed by atoms with Gasteiger partial charge in [0.25, 0.3) is 5.91 Å². The van der Waals surface area contributed by atoms with Crippen LogP contribution in [0.15, 0.2) is 72.8 Å². The van der Waals surface area contributed by atoms with Crippen LogP contribution in [0.5, 0.6) is 0 Å². The maximum Gasteiger partial charge on any atom is 0.335 e. The molecule has 0 fully saturated rings. The summed E-state index contributed by atoms with van der Waals surface area (Å²) >= 11 is 6.02. The van der Waals surface area contributed by atoms with Crippen LogP contribution in [0.1, 0.15) is 20.7 Å². The second kappa shape index (κ2) is 7.20. The van der Waals surface area contributed by atoms with Crippen LogP contribution < -0.4 is 5.32 Å². The molecular formula is C20H14ClNO3. The Kier molecular flexibility index (Phi) is 4.82. The minimum Gasteiger partial charge on any atom is -0.478 e. The number of rotatable bonds is 4. The number of carbonyl (C=O) groups is 2. The van der Waals surface area contributed by atoms with Crippen molar-refractivity contribution in [2.75, 3.05) is 5.32 Å². The number of hydrogen-bond donors (Lipinski definition) is 2. The predicted molar refractivity (Wildman–Crippen MR) is 98.2 cm³/mol. The predicted octanol–water partition coefficient (Wildman–Crippen LogP) is 4.96. The number of amides is 1. The van der Waals surface area contributed by atoms with E-state index in [2.05, 4.69) is 5.32 Å². The summed E-state index contributed by atoms with van der Waals surface area (Å²) in [4.78, 5) is 23.7. The SMILES string of the molecule is O=C(O)c1cc(NC(=O)c2ccccc2)cc(-c2cccc(Cl)c2)c1. The number of anilines is 1. The van der Waals surface area contributed by atoms with Crippen molar-refractivity contribution in [3.05, 3.63) is 88.9 Å². The normalized spacial score (nSPS) is 10.3. The molecule has 0 unspecified atom stereocenters. The van der Waals surface area contributed by atoms with Gasteiger partial charge in [0.2, 0.25) is 0 Å². The summed E-state index contributed by atoms with van der Waals surface area (Å²) < 4.78 is 0. The zero-order chi connectivity index (χ0) is 17.8. The molecule has 0 radical (unpaired) electrons. The molecule has 0 aliphatic carbocycles. The van der Waals surface area contributed by atoms with Crippen molar-refractivity contribution in [2.24, 2.45) is 0 Å². The zero-order valence-corrected chi connectivity index (χ0v) is 13.8. The fraction of sp³-hybridized carbons (Fsp3) is 0. The van der Waals surface area contributed by atoms with Gasteiger partial charge in [-0.2, -0.15) is 0 Å². The van der Waals surface area contributed by atoms with E-state index < -0.39 is 5.97 Å². The van der Waals surface area contributed by atoms with Crippen LogP contribution in [-0.4, -0.2) is 17.0 Å². The number of benzene rings is 3. The molecule has 0 saturated heterocycles. The van der Waals surface area contributed by atoms with E-state index >= 15 is 0 Å². The van der Waals surface area contributed by atoms with Crippen molar-refractivity contribution in [3.63, 3.8) is 0 Å². The number of carboxylic acids is 1. The summed E-state index contributed by atoms with van der Waals surface area (Å²) in [6.07, 6.45) is 0. The number of nitrogens with one attached hydrogen (secondary N) is 1. The Morgan fingerprint density at radius 2 is 1.56 bits per heavy atom. The number of hydrogen-bond acceptors (Lipinski definition) is 2. The second-order valence-corrected chi connectivity index (χ2v) is 5.87. The lowest BCUT2D eigenvalue weighted by Gasteiger charge is -2.10. The third-order valence-corrected chi connectivity index (χ3v) is 3.87. The number of carboxylic acid groups (broad SMARTS) is 1. The molecule has 3 aromatic rings. The molecule has 0 atom stereocenters. The Morgan fingerprint density at radius 3 is 2.24 bits per heavy atom. The summed E-state index contributed by atoms with van der Waals surface area (Å²) in [7, 11) is 0. The molecule has 124 valence electrons. The summed E-state index contributed by atoms with van der Waals surface area (Å²) in [6, 6.07) is 20.5. The molecule has 2 N–H and O–H groups in total. The van der Waals surface area contributed by atoms with Gasteiger partial charge < -0.3 is 10.4 Å². The third kappa shape index (κ3) is 4.05. The van der Waals surface area contributed by atoms with Crippen LogP contribution in [0.4, 0.5) is 5.69 Å². The largest absolute Gasteiger partial charge is 0.478 e. The zero-order valence-electron chi connectivity index (χ0n) is 13.1. The minimum atomic E-state index is -1.07. The van der Waals surface area contributed by atoms with E-state index in [1.165, 1.54) is 6.07 Å². The van der Waals surface area contributed by atoms with Gasteiger partial charge in [-0.3, -0.25) is 4.79 Å². The fourth-order valence-electron chi connectivity index (χ4n) is 2.45. The Hall–Kier alpha value is -3.11. The van der Waals surface area contributed by atoms with Crippen LogP contribution in [0.25, 0.3) is 11.1 Å². The van der Waals surface area contributed by atoms with Gasteiger partial charge in [0.15, 0.2) is 0 Å². The van der Waals surface area contributed by atoms with Gasteiger partial charge in [0.05, 0.1) is 5.56 Å². The van der Waals surface area contributed by atoms with E-state index in [0.717, 1.165) is 5.56 Å². The van der Waals surface area contributed by atoms with Crippen molar-refractivity contribution in [3.8, 4) is 11.1 Å². The van der Waals surface area contributed by atoms with Crippen LogP contribution in [-0.2, 0) is 0 Å². The van der Waals surface area contributed by atoms with E-state index in [1.54, 1.807) is 54.6 Å². The van der Waals surface area contributed by atoms with E-state index in [1.807, 2.05) is 12.1 Å². The first kappa shape index (κ1) is 16.7. The summed E-state index contributed by atoms with van der Waals surface area (Å²) in [5, 5.41) is 12.6. The Balaban J connectivity index is 1.99. The van der Waals surface area contributed by atoms with Crippen LogP contribution in [0.3, 0.4) is 0 Å². The molecule has 5 heteroatoms. The van der Waals surface area contributed by atoms with Crippen molar-refractivity contribution < 1.29 is 14.7 Å². The fourth-order valence-corrected chi connectivity index (χ4v) is 2.64. The smallest absolute Gasteiger partial charge is 0.335 e. The molecule has 4 nitrogen and oxygen atoms in total. The van der Waals surface area contributed by atoms with Crippen molar-refractivity contribution in [2.45, 2.75) is 0 Å². The average molecular weight is 352 g/mol.